The Labute approximate surface area is 142 Å². The summed E-state index contributed by atoms with van der Waals surface area (Å²) in [6.07, 6.45) is 0.984. The average Bonchev–Trinajstić information content (AvgIpc) is 2.61. The minimum atomic E-state index is -0.247. The van der Waals surface area contributed by atoms with Gasteiger partial charge in [0.05, 0.1) is 6.61 Å². The fourth-order valence-electron chi connectivity index (χ4n) is 2.33. The molecule has 0 aliphatic rings. The number of ether oxygens (including phenoxy) is 1. The molecule has 0 aliphatic heterocycles. The third-order valence-electron chi connectivity index (χ3n) is 3.62. The highest BCUT2D eigenvalue weighted by Gasteiger charge is 2.05. The van der Waals surface area contributed by atoms with Gasteiger partial charge in [-0.15, -0.1) is 0 Å². The Morgan fingerprint density at radius 2 is 1.58 bits per heavy atom. The van der Waals surface area contributed by atoms with Crippen molar-refractivity contribution in [3.8, 4) is 5.75 Å². The average molecular weight is 332 g/mol. The molecule has 5 heteroatoms. The van der Waals surface area contributed by atoms with Crippen LogP contribution in [0, 0.1) is 5.82 Å². The fraction of sp³-hybridized carbons (Fsp3) is 0.368. The Kier molecular flexibility index (Phi) is 8.24. The van der Waals surface area contributed by atoms with Gasteiger partial charge in [-0.2, -0.15) is 0 Å². The smallest absolute Gasteiger partial charge is 0.129 e. The van der Waals surface area contributed by atoms with E-state index < -0.39 is 0 Å². The summed E-state index contributed by atoms with van der Waals surface area (Å²) in [6.45, 7) is 3.47. The zero-order chi connectivity index (χ0) is 17.0. The van der Waals surface area contributed by atoms with Crippen LogP contribution in [0.2, 0.25) is 0 Å². The molecule has 0 radical (unpaired) electrons. The monoisotopic (exact) mass is 332 g/mol. The summed E-state index contributed by atoms with van der Waals surface area (Å²) in [4.78, 5) is 0. The molecule has 24 heavy (non-hydrogen) atoms. The molecule has 0 unspecified atom stereocenters. The highest BCUT2D eigenvalue weighted by molar-refractivity contribution is 5.33. The molecule has 0 saturated carbocycles. The molecule has 4 nitrogen and oxygen atoms in total. The van der Waals surface area contributed by atoms with Crippen molar-refractivity contribution >= 4 is 0 Å². The van der Waals surface area contributed by atoms with Gasteiger partial charge in [0.15, 0.2) is 0 Å². The summed E-state index contributed by atoms with van der Waals surface area (Å²) in [6, 6.07) is 14.4. The van der Waals surface area contributed by atoms with Crippen molar-refractivity contribution in [3.63, 3.8) is 0 Å². The van der Waals surface area contributed by atoms with Gasteiger partial charge in [-0.3, -0.25) is 0 Å². The van der Waals surface area contributed by atoms with Crippen molar-refractivity contribution in [2.75, 3.05) is 26.2 Å². The van der Waals surface area contributed by atoms with Crippen LogP contribution >= 0.6 is 0 Å². The van der Waals surface area contributed by atoms with Gasteiger partial charge in [0.1, 0.15) is 18.2 Å². The number of nitrogens with one attached hydrogen (secondary N) is 2. The Hall–Kier alpha value is -1.95. The first-order chi connectivity index (χ1) is 11.8. The molecular formula is C19H25FN2O2. The number of rotatable bonds is 11. The van der Waals surface area contributed by atoms with Gasteiger partial charge in [-0.05, 0) is 31.6 Å². The molecule has 0 heterocycles. The maximum Gasteiger partial charge on any atom is 0.129 e. The Morgan fingerprint density at radius 1 is 0.875 bits per heavy atom. The lowest BCUT2D eigenvalue weighted by atomic mass is 10.2. The highest BCUT2D eigenvalue weighted by atomic mass is 19.1. The first-order valence-corrected chi connectivity index (χ1v) is 8.27. The van der Waals surface area contributed by atoms with Crippen molar-refractivity contribution in [2.45, 2.75) is 19.6 Å². The van der Waals surface area contributed by atoms with Crippen LogP contribution in [-0.4, -0.2) is 31.3 Å². The number of halogens is 1. The molecule has 0 spiro atoms. The SMILES string of the molecule is OCCNCCCNCc1ccccc1OCc1ccccc1F. The van der Waals surface area contributed by atoms with Crippen LogP contribution in [-0.2, 0) is 13.2 Å². The molecule has 2 rings (SSSR count). The minimum Gasteiger partial charge on any atom is -0.488 e. The Balaban J connectivity index is 1.78. The molecule has 0 saturated heterocycles. The number of aliphatic hydroxyl groups is 1. The number of benzene rings is 2. The fourth-order valence-corrected chi connectivity index (χ4v) is 2.33. The molecular weight excluding hydrogens is 307 g/mol. The zero-order valence-corrected chi connectivity index (χ0v) is 13.8. The molecule has 0 aromatic heterocycles. The van der Waals surface area contributed by atoms with E-state index in [-0.39, 0.29) is 19.0 Å². The van der Waals surface area contributed by atoms with E-state index in [1.165, 1.54) is 6.07 Å². The maximum atomic E-state index is 13.7. The van der Waals surface area contributed by atoms with Crippen molar-refractivity contribution in [2.24, 2.45) is 0 Å². The van der Waals surface area contributed by atoms with E-state index in [0.29, 0.717) is 18.7 Å². The Morgan fingerprint density at radius 3 is 2.38 bits per heavy atom. The molecule has 0 bridgehead atoms. The Bertz CT molecular complexity index is 607. The standard InChI is InChI=1S/C19H25FN2O2/c20-18-8-3-1-7-17(18)15-24-19-9-4-2-6-16(19)14-22-11-5-10-21-12-13-23/h1-4,6-9,21-23H,5,10-15H2. The number of para-hydroxylation sites is 1. The van der Waals surface area contributed by atoms with Gasteiger partial charge in [0, 0.05) is 24.2 Å². The lowest BCUT2D eigenvalue weighted by Crippen LogP contribution is -2.24. The number of hydrogen-bond donors (Lipinski definition) is 3. The van der Waals surface area contributed by atoms with Crippen molar-refractivity contribution in [1.29, 1.82) is 0 Å². The molecule has 3 N–H and O–H groups in total. The van der Waals surface area contributed by atoms with E-state index in [0.717, 1.165) is 30.8 Å². The predicted octanol–water partition coefficient (Wildman–Crippen LogP) is 2.47. The molecule has 0 fully saturated rings. The van der Waals surface area contributed by atoms with Crippen LogP contribution in [0.25, 0.3) is 0 Å². The van der Waals surface area contributed by atoms with Crippen LogP contribution in [0.1, 0.15) is 17.5 Å². The predicted molar refractivity (Wildman–Crippen MR) is 93.5 cm³/mol. The van der Waals surface area contributed by atoms with Crippen LogP contribution in [0.4, 0.5) is 4.39 Å². The number of hydrogen-bond acceptors (Lipinski definition) is 4. The lowest BCUT2D eigenvalue weighted by molar-refractivity contribution is 0.291. The van der Waals surface area contributed by atoms with Crippen molar-refractivity contribution in [1.82, 2.24) is 10.6 Å². The zero-order valence-electron chi connectivity index (χ0n) is 13.8. The van der Waals surface area contributed by atoms with Gasteiger partial charge in [-0.1, -0.05) is 36.4 Å². The first kappa shape index (κ1) is 18.4. The van der Waals surface area contributed by atoms with Crippen molar-refractivity contribution < 1.29 is 14.2 Å². The van der Waals surface area contributed by atoms with Crippen LogP contribution in [0.15, 0.2) is 48.5 Å². The van der Waals surface area contributed by atoms with Crippen LogP contribution in [0.3, 0.4) is 0 Å². The lowest BCUT2D eigenvalue weighted by Gasteiger charge is -2.13. The van der Waals surface area contributed by atoms with Gasteiger partial charge in [0.2, 0.25) is 0 Å². The maximum absolute atomic E-state index is 13.7. The van der Waals surface area contributed by atoms with E-state index in [1.54, 1.807) is 18.2 Å². The summed E-state index contributed by atoms with van der Waals surface area (Å²) >= 11 is 0. The van der Waals surface area contributed by atoms with Gasteiger partial charge in [-0.25, -0.2) is 4.39 Å². The third kappa shape index (κ3) is 6.28. The molecule has 130 valence electrons. The highest BCUT2D eigenvalue weighted by Crippen LogP contribution is 2.20. The van der Waals surface area contributed by atoms with Gasteiger partial charge in [0.25, 0.3) is 0 Å². The van der Waals surface area contributed by atoms with Gasteiger partial charge < -0.3 is 20.5 Å². The summed E-state index contributed by atoms with van der Waals surface area (Å²) < 4.78 is 19.4. The minimum absolute atomic E-state index is 0.167. The summed E-state index contributed by atoms with van der Waals surface area (Å²) in [5.41, 5.74) is 1.60. The third-order valence-corrected chi connectivity index (χ3v) is 3.62. The molecule has 0 aliphatic carbocycles. The van der Waals surface area contributed by atoms with E-state index in [1.807, 2.05) is 24.3 Å². The summed E-state index contributed by atoms with van der Waals surface area (Å²) in [7, 11) is 0. The summed E-state index contributed by atoms with van der Waals surface area (Å²) in [5.74, 6) is 0.523. The molecule has 0 amide bonds. The molecule has 2 aromatic carbocycles. The second-order valence-electron chi connectivity index (χ2n) is 5.49. The van der Waals surface area contributed by atoms with E-state index in [4.69, 9.17) is 9.84 Å². The normalized spacial score (nSPS) is 10.8. The van der Waals surface area contributed by atoms with Crippen LogP contribution in [0.5, 0.6) is 5.75 Å². The first-order valence-electron chi connectivity index (χ1n) is 8.27. The number of aliphatic hydroxyl groups excluding tert-OH is 1. The van der Waals surface area contributed by atoms with E-state index in [2.05, 4.69) is 10.6 Å². The largest absolute Gasteiger partial charge is 0.488 e. The molecule has 2 aromatic rings. The summed E-state index contributed by atoms with van der Waals surface area (Å²) in [5, 5.41) is 15.2. The topological polar surface area (TPSA) is 53.5 Å². The van der Waals surface area contributed by atoms with Gasteiger partial charge >= 0.3 is 0 Å². The molecule has 0 atom stereocenters. The second kappa shape index (κ2) is 10.8. The quantitative estimate of drug-likeness (QED) is 0.553. The van der Waals surface area contributed by atoms with E-state index >= 15 is 0 Å². The van der Waals surface area contributed by atoms with E-state index in [9.17, 15) is 4.39 Å². The van der Waals surface area contributed by atoms with Crippen LogP contribution < -0.4 is 15.4 Å². The van der Waals surface area contributed by atoms with Crippen molar-refractivity contribution in [3.05, 3.63) is 65.5 Å². The second-order valence-corrected chi connectivity index (χ2v) is 5.49.